The maximum absolute atomic E-state index is 12.9. The SMILES string of the molecule is CN1CCN(S(=O)(=O)c2ccc(NC(=O)c3ccccc3Oc3ccccc3)cc2)CC1. The van der Waals surface area contributed by atoms with Gasteiger partial charge in [-0.15, -0.1) is 0 Å². The third kappa shape index (κ3) is 4.99. The van der Waals surface area contributed by atoms with Crippen LogP contribution in [0.25, 0.3) is 0 Å². The minimum Gasteiger partial charge on any atom is -0.457 e. The second-order valence-electron chi connectivity index (χ2n) is 7.60. The summed E-state index contributed by atoms with van der Waals surface area (Å²) in [5.74, 6) is 0.725. The number of carbonyl (C=O) groups is 1. The van der Waals surface area contributed by atoms with Crippen LogP contribution in [-0.2, 0) is 10.0 Å². The van der Waals surface area contributed by atoms with Gasteiger partial charge >= 0.3 is 0 Å². The van der Waals surface area contributed by atoms with Gasteiger partial charge in [0.05, 0.1) is 10.5 Å². The first-order chi connectivity index (χ1) is 15.4. The molecule has 1 N–H and O–H groups in total. The summed E-state index contributed by atoms with van der Waals surface area (Å²) in [5, 5.41) is 2.81. The van der Waals surface area contributed by atoms with Crippen LogP contribution in [0.2, 0.25) is 0 Å². The highest BCUT2D eigenvalue weighted by molar-refractivity contribution is 7.89. The zero-order valence-electron chi connectivity index (χ0n) is 17.8. The van der Waals surface area contributed by atoms with Crippen molar-refractivity contribution in [3.63, 3.8) is 0 Å². The highest BCUT2D eigenvalue weighted by Gasteiger charge is 2.27. The van der Waals surface area contributed by atoms with Crippen molar-refractivity contribution >= 4 is 21.6 Å². The highest BCUT2D eigenvalue weighted by Crippen LogP contribution is 2.26. The fourth-order valence-corrected chi connectivity index (χ4v) is 4.87. The van der Waals surface area contributed by atoms with E-state index < -0.39 is 10.0 Å². The molecule has 0 spiro atoms. The number of piperazine rings is 1. The number of likely N-dealkylation sites (N-methyl/N-ethyl adjacent to an activating group) is 1. The van der Waals surface area contributed by atoms with Crippen LogP contribution in [0, 0.1) is 0 Å². The number of rotatable bonds is 6. The fourth-order valence-electron chi connectivity index (χ4n) is 3.44. The third-order valence-corrected chi connectivity index (χ3v) is 7.23. The summed E-state index contributed by atoms with van der Waals surface area (Å²) in [4.78, 5) is 15.2. The van der Waals surface area contributed by atoms with E-state index in [1.165, 1.54) is 16.4 Å². The van der Waals surface area contributed by atoms with Gasteiger partial charge in [0, 0.05) is 31.9 Å². The number of nitrogens with zero attached hydrogens (tertiary/aromatic N) is 2. The number of sulfonamides is 1. The Morgan fingerprint density at radius 2 is 1.47 bits per heavy atom. The maximum Gasteiger partial charge on any atom is 0.259 e. The number of carbonyl (C=O) groups excluding carboxylic acids is 1. The summed E-state index contributed by atoms with van der Waals surface area (Å²) >= 11 is 0. The summed E-state index contributed by atoms with van der Waals surface area (Å²) in [6.07, 6.45) is 0. The average Bonchev–Trinajstić information content (AvgIpc) is 2.81. The van der Waals surface area contributed by atoms with Gasteiger partial charge in [-0.05, 0) is 55.6 Å². The number of amides is 1. The zero-order valence-corrected chi connectivity index (χ0v) is 18.6. The monoisotopic (exact) mass is 451 g/mol. The maximum atomic E-state index is 12.9. The second-order valence-corrected chi connectivity index (χ2v) is 9.54. The lowest BCUT2D eigenvalue weighted by Crippen LogP contribution is -2.46. The van der Waals surface area contributed by atoms with Gasteiger partial charge in [-0.2, -0.15) is 4.31 Å². The normalized spacial score (nSPS) is 15.3. The van der Waals surface area contributed by atoms with E-state index in [9.17, 15) is 13.2 Å². The van der Waals surface area contributed by atoms with E-state index in [1.54, 1.807) is 36.4 Å². The van der Waals surface area contributed by atoms with E-state index in [0.29, 0.717) is 48.9 Å². The molecule has 0 atom stereocenters. The molecule has 7 nitrogen and oxygen atoms in total. The van der Waals surface area contributed by atoms with Gasteiger partial charge in [0.25, 0.3) is 5.91 Å². The van der Waals surface area contributed by atoms with E-state index >= 15 is 0 Å². The molecule has 3 aromatic carbocycles. The van der Waals surface area contributed by atoms with Gasteiger partial charge in [-0.1, -0.05) is 30.3 Å². The van der Waals surface area contributed by atoms with Gasteiger partial charge in [0.15, 0.2) is 0 Å². The average molecular weight is 452 g/mol. The predicted molar refractivity (Wildman–Crippen MR) is 124 cm³/mol. The molecule has 0 aromatic heterocycles. The van der Waals surface area contributed by atoms with E-state index in [2.05, 4.69) is 10.2 Å². The Morgan fingerprint density at radius 3 is 2.16 bits per heavy atom. The summed E-state index contributed by atoms with van der Waals surface area (Å²) in [6.45, 7) is 2.35. The Hall–Kier alpha value is -3.20. The van der Waals surface area contributed by atoms with Crippen molar-refractivity contribution in [1.82, 2.24) is 9.21 Å². The van der Waals surface area contributed by atoms with Gasteiger partial charge in [-0.25, -0.2) is 8.42 Å². The Kier molecular flexibility index (Phi) is 6.55. The topological polar surface area (TPSA) is 79.0 Å². The van der Waals surface area contributed by atoms with E-state index in [0.717, 1.165) is 0 Å². The number of hydrogen-bond donors (Lipinski definition) is 1. The molecule has 166 valence electrons. The highest BCUT2D eigenvalue weighted by atomic mass is 32.2. The van der Waals surface area contributed by atoms with Crippen molar-refractivity contribution in [3.8, 4) is 11.5 Å². The Morgan fingerprint density at radius 1 is 0.844 bits per heavy atom. The fraction of sp³-hybridized carbons (Fsp3) is 0.208. The van der Waals surface area contributed by atoms with Crippen LogP contribution in [0.3, 0.4) is 0 Å². The Balaban J connectivity index is 1.47. The smallest absolute Gasteiger partial charge is 0.259 e. The van der Waals surface area contributed by atoms with Crippen molar-refractivity contribution in [2.45, 2.75) is 4.90 Å². The molecule has 0 unspecified atom stereocenters. The van der Waals surface area contributed by atoms with Crippen molar-refractivity contribution < 1.29 is 17.9 Å². The summed E-state index contributed by atoms with van der Waals surface area (Å²) in [6, 6.07) is 22.4. The van der Waals surface area contributed by atoms with Crippen LogP contribution in [0.4, 0.5) is 5.69 Å². The zero-order chi connectivity index (χ0) is 22.6. The van der Waals surface area contributed by atoms with E-state index in [1.807, 2.05) is 37.4 Å². The predicted octanol–water partition coefficient (Wildman–Crippen LogP) is 3.67. The lowest BCUT2D eigenvalue weighted by Gasteiger charge is -2.31. The summed E-state index contributed by atoms with van der Waals surface area (Å²) in [5.41, 5.74) is 0.882. The number of anilines is 1. The van der Waals surface area contributed by atoms with Crippen LogP contribution in [0.5, 0.6) is 11.5 Å². The first-order valence-corrected chi connectivity index (χ1v) is 11.8. The second kappa shape index (κ2) is 9.52. The minimum absolute atomic E-state index is 0.216. The molecular weight excluding hydrogens is 426 g/mol. The third-order valence-electron chi connectivity index (χ3n) is 5.31. The first-order valence-electron chi connectivity index (χ1n) is 10.4. The van der Waals surface area contributed by atoms with Crippen LogP contribution < -0.4 is 10.1 Å². The summed E-state index contributed by atoms with van der Waals surface area (Å²) < 4.78 is 33.1. The van der Waals surface area contributed by atoms with Crippen LogP contribution in [0.1, 0.15) is 10.4 Å². The molecule has 0 aliphatic carbocycles. The molecule has 4 rings (SSSR count). The van der Waals surface area contributed by atoms with E-state index in [4.69, 9.17) is 4.74 Å². The molecule has 1 fully saturated rings. The molecule has 0 radical (unpaired) electrons. The molecule has 32 heavy (non-hydrogen) atoms. The van der Waals surface area contributed by atoms with Crippen LogP contribution >= 0.6 is 0 Å². The molecule has 1 aliphatic heterocycles. The molecule has 0 bridgehead atoms. The lowest BCUT2D eigenvalue weighted by atomic mass is 10.2. The van der Waals surface area contributed by atoms with Gasteiger partial charge < -0.3 is 15.0 Å². The number of para-hydroxylation sites is 2. The molecule has 1 saturated heterocycles. The first kappa shape index (κ1) is 22.0. The Bertz CT molecular complexity index is 1170. The molecule has 0 saturated carbocycles. The molecule has 8 heteroatoms. The number of benzene rings is 3. The summed E-state index contributed by atoms with van der Waals surface area (Å²) in [7, 11) is -1.57. The molecule has 3 aromatic rings. The molecule has 1 aliphatic rings. The minimum atomic E-state index is -3.55. The number of nitrogens with one attached hydrogen (secondary N) is 1. The number of hydrogen-bond acceptors (Lipinski definition) is 5. The van der Waals surface area contributed by atoms with Gasteiger partial charge in [-0.3, -0.25) is 4.79 Å². The number of ether oxygens (including phenoxy) is 1. The van der Waals surface area contributed by atoms with Gasteiger partial charge in [0.1, 0.15) is 11.5 Å². The van der Waals surface area contributed by atoms with E-state index in [-0.39, 0.29) is 10.8 Å². The van der Waals surface area contributed by atoms with Crippen molar-refractivity contribution in [2.75, 3.05) is 38.5 Å². The largest absolute Gasteiger partial charge is 0.457 e. The van der Waals surface area contributed by atoms with Crippen molar-refractivity contribution in [2.24, 2.45) is 0 Å². The standard InChI is InChI=1S/C24H25N3O4S/c1-26-15-17-27(18-16-26)32(29,30)21-13-11-19(12-14-21)25-24(28)22-9-5-6-10-23(22)31-20-7-3-2-4-8-20/h2-14H,15-18H2,1H3,(H,25,28). The van der Waals surface area contributed by atoms with Crippen molar-refractivity contribution in [3.05, 3.63) is 84.4 Å². The molecule has 1 heterocycles. The molecule has 1 amide bonds. The molecular formula is C24H25N3O4S. The van der Waals surface area contributed by atoms with Crippen LogP contribution in [0.15, 0.2) is 83.8 Å². The Labute approximate surface area is 188 Å². The quantitative estimate of drug-likeness (QED) is 0.619. The van der Waals surface area contributed by atoms with Crippen LogP contribution in [-0.4, -0.2) is 56.8 Å². The lowest BCUT2D eigenvalue weighted by molar-refractivity contribution is 0.102. The van der Waals surface area contributed by atoms with Gasteiger partial charge in [0.2, 0.25) is 10.0 Å². The van der Waals surface area contributed by atoms with Crippen molar-refractivity contribution in [1.29, 1.82) is 0 Å².